The monoisotopic (exact) mass is 353 g/mol. The fourth-order valence-electron chi connectivity index (χ4n) is 3.54. The van der Waals surface area contributed by atoms with Crippen molar-refractivity contribution in [3.63, 3.8) is 0 Å². The Kier molecular flexibility index (Phi) is 4.42. The molecule has 4 rings (SSSR count). The molecule has 0 aliphatic carbocycles. The fourth-order valence-corrected chi connectivity index (χ4v) is 3.54. The Bertz CT molecular complexity index is 827. The Labute approximate surface area is 153 Å². The standard InChI is InChI=1S/C21H23NO4/c1-15-5-3-6-17(13-15)24-12-9-22-19-8-7-16(2)14-18(19)21(20(22)23)25-10-4-11-26-21/h3,5-8,13-14H,4,9-12H2,1-2H3. The molecule has 0 N–H and O–H groups in total. The number of ether oxygens (including phenoxy) is 3. The largest absolute Gasteiger partial charge is 0.492 e. The summed E-state index contributed by atoms with van der Waals surface area (Å²) in [4.78, 5) is 14.9. The molecule has 26 heavy (non-hydrogen) atoms. The third-order valence-electron chi connectivity index (χ3n) is 4.80. The molecule has 5 nitrogen and oxygen atoms in total. The van der Waals surface area contributed by atoms with Crippen LogP contribution >= 0.6 is 0 Å². The molecule has 2 heterocycles. The summed E-state index contributed by atoms with van der Waals surface area (Å²) in [5.41, 5.74) is 3.86. The number of benzene rings is 2. The average molecular weight is 353 g/mol. The summed E-state index contributed by atoms with van der Waals surface area (Å²) in [7, 11) is 0. The number of carbonyl (C=O) groups is 1. The van der Waals surface area contributed by atoms with E-state index < -0.39 is 5.79 Å². The first kappa shape index (κ1) is 17.1. The van der Waals surface area contributed by atoms with Gasteiger partial charge < -0.3 is 19.1 Å². The highest BCUT2D eigenvalue weighted by molar-refractivity contribution is 6.06. The van der Waals surface area contributed by atoms with Crippen LogP contribution in [0.1, 0.15) is 23.1 Å². The van der Waals surface area contributed by atoms with Crippen LogP contribution in [0.3, 0.4) is 0 Å². The lowest BCUT2D eigenvalue weighted by Gasteiger charge is -2.32. The van der Waals surface area contributed by atoms with Crippen molar-refractivity contribution in [3.8, 4) is 5.75 Å². The van der Waals surface area contributed by atoms with Crippen LogP contribution in [-0.4, -0.2) is 32.3 Å². The minimum atomic E-state index is -1.29. The van der Waals surface area contributed by atoms with E-state index in [0.29, 0.717) is 26.4 Å². The number of amides is 1. The third kappa shape index (κ3) is 2.87. The van der Waals surface area contributed by atoms with Gasteiger partial charge in [0.15, 0.2) is 0 Å². The van der Waals surface area contributed by atoms with Crippen LogP contribution in [0, 0.1) is 13.8 Å². The molecule has 0 atom stereocenters. The smallest absolute Gasteiger partial charge is 0.292 e. The minimum absolute atomic E-state index is 0.161. The van der Waals surface area contributed by atoms with E-state index in [-0.39, 0.29) is 5.91 Å². The number of hydrogen-bond donors (Lipinski definition) is 0. The fraction of sp³-hybridized carbons (Fsp3) is 0.381. The Morgan fingerprint density at radius 1 is 1.08 bits per heavy atom. The maximum absolute atomic E-state index is 13.2. The van der Waals surface area contributed by atoms with E-state index in [1.165, 1.54) is 0 Å². The summed E-state index contributed by atoms with van der Waals surface area (Å²) in [5.74, 6) is -0.644. The Morgan fingerprint density at radius 2 is 1.85 bits per heavy atom. The molecule has 2 aliphatic rings. The SMILES string of the molecule is Cc1cccc(OCCN2C(=O)C3(OCCCO3)c3cc(C)ccc32)c1. The van der Waals surface area contributed by atoms with Crippen molar-refractivity contribution in [2.45, 2.75) is 26.1 Å². The van der Waals surface area contributed by atoms with Gasteiger partial charge >= 0.3 is 0 Å². The molecule has 0 bridgehead atoms. The molecule has 2 aliphatic heterocycles. The van der Waals surface area contributed by atoms with E-state index in [0.717, 1.165) is 34.5 Å². The van der Waals surface area contributed by atoms with Gasteiger partial charge in [0.2, 0.25) is 0 Å². The van der Waals surface area contributed by atoms with Gasteiger partial charge in [0.25, 0.3) is 11.7 Å². The van der Waals surface area contributed by atoms with Crippen molar-refractivity contribution in [2.24, 2.45) is 0 Å². The van der Waals surface area contributed by atoms with Gasteiger partial charge in [-0.2, -0.15) is 0 Å². The predicted molar refractivity (Wildman–Crippen MR) is 98.4 cm³/mol. The summed E-state index contributed by atoms with van der Waals surface area (Å²) < 4.78 is 17.6. The maximum Gasteiger partial charge on any atom is 0.292 e. The van der Waals surface area contributed by atoms with E-state index in [4.69, 9.17) is 14.2 Å². The maximum atomic E-state index is 13.2. The van der Waals surface area contributed by atoms with Crippen molar-refractivity contribution in [2.75, 3.05) is 31.3 Å². The van der Waals surface area contributed by atoms with Gasteiger partial charge in [-0.15, -0.1) is 0 Å². The van der Waals surface area contributed by atoms with E-state index in [1.54, 1.807) is 4.90 Å². The van der Waals surface area contributed by atoms with Gasteiger partial charge in [0.1, 0.15) is 12.4 Å². The summed E-state index contributed by atoms with van der Waals surface area (Å²) in [6, 6.07) is 13.8. The van der Waals surface area contributed by atoms with Crippen LogP contribution < -0.4 is 9.64 Å². The quantitative estimate of drug-likeness (QED) is 0.846. The molecule has 0 unspecified atom stereocenters. The number of anilines is 1. The third-order valence-corrected chi connectivity index (χ3v) is 4.80. The molecule has 1 amide bonds. The van der Waals surface area contributed by atoms with Gasteiger partial charge in [-0.3, -0.25) is 4.79 Å². The number of fused-ring (bicyclic) bond motifs is 2. The first-order valence-electron chi connectivity index (χ1n) is 9.01. The summed E-state index contributed by atoms with van der Waals surface area (Å²) >= 11 is 0. The number of rotatable bonds is 4. The van der Waals surface area contributed by atoms with E-state index >= 15 is 0 Å². The minimum Gasteiger partial charge on any atom is -0.492 e. The van der Waals surface area contributed by atoms with Crippen LogP contribution in [0.2, 0.25) is 0 Å². The zero-order valence-electron chi connectivity index (χ0n) is 15.2. The van der Waals surface area contributed by atoms with E-state index in [2.05, 4.69) is 0 Å². The van der Waals surface area contributed by atoms with E-state index in [1.807, 2.05) is 56.3 Å². The van der Waals surface area contributed by atoms with Crippen LogP contribution in [0.4, 0.5) is 5.69 Å². The number of carbonyl (C=O) groups excluding carboxylic acids is 1. The Morgan fingerprint density at radius 3 is 2.62 bits per heavy atom. The molecule has 136 valence electrons. The lowest BCUT2D eigenvalue weighted by Crippen LogP contribution is -2.48. The molecule has 0 aromatic heterocycles. The highest BCUT2D eigenvalue weighted by Crippen LogP contribution is 2.45. The van der Waals surface area contributed by atoms with Crippen LogP contribution in [0.15, 0.2) is 42.5 Å². The van der Waals surface area contributed by atoms with Crippen LogP contribution in [0.5, 0.6) is 5.75 Å². The van der Waals surface area contributed by atoms with Gasteiger partial charge in [-0.1, -0.05) is 23.8 Å². The van der Waals surface area contributed by atoms with Gasteiger partial charge in [-0.25, -0.2) is 0 Å². The molecule has 0 radical (unpaired) electrons. The summed E-state index contributed by atoms with van der Waals surface area (Å²) in [6.07, 6.45) is 0.798. The van der Waals surface area contributed by atoms with Crippen molar-refractivity contribution < 1.29 is 19.0 Å². The second-order valence-corrected chi connectivity index (χ2v) is 6.81. The molecule has 1 spiro atoms. The molecule has 1 fully saturated rings. The molecule has 1 saturated heterocycles. The van der Waals surface area contributed by atoms with Crippen LogP contribution in [-0.2, 0) is 20.1 Å². The van der Waals surface area contributed by atoms with Gasteiger partial charge in [0.05, 0.1) is 25.4 Å². The zero-order valence-corrected chi connectivity index (χ0v) is 15.2. The second-order valence-electron chi connectivity index (χ2n) is 6.81. The molecular weight excluding hydrogens is 330 g/mol. The van der Waals surface area contributed by atoms with E-state index in [9.17, 15) is 4.79 Å². The van der Waals surface area contributed by atoms with Crippen molar-refractivity contribution >= 4 is 11.6 Å². The zero-order chi connectivity index (χ0) is 18.1. The van der Waals surface area contributed by atoms with Gasteiger partial charge in [0, 0.05) is 5.56 Å². The topological polar surface area (TPSA) is 48.0 Å². The molecule has 0 saturated carbocycles. The Hall–Kier alpha value is -2.37. The number of nitrogens with zero attached hydrogens (tertiary/aromatic N) is 1. The summed E-state index contributed by atoms with van der Waals surface area (Å²) in [6.45, 7) is 5.91. The molecule has 2 aromatic carbocycles. The summed E-state index contributed by atoms with van der Waals surface area (Å²) in [5, 5.41) is 0. The lowest BCUT2D eigenvalue weighted by atomic mass is 10.0. The normalized spacial score (nSPS) is 18.2. The first-order chi connectivity index (χ1) is 12.6. The number of hydrogen-bond acceptors (Lipinski definition) is 4. The Balaban J connectivity index is 1.56. The predicted octanol–water partition coefficient (Wildman–Crippen LogP) is 3.32. The number of aryl methyl sites for hydroxylation is 2. The first-order valence-corrected chi connectivity index (χ1v) is 9.01. The van der Waals surface area contributed by atoms with Crippen molar-refractivity contribution in [1.29, 1.82) is 0 Å². The van der Waals surface area contributed by atoms with Crippen LogP contribution in [0.25, 0.3) is 0 Å². The highest BCUT2D eigenvalue weighted by atomic mass is 16.7. The van der Waals surface area contributed by atoms with Crippen molar-refractivity contribution in [1.82, 2.24) is 0 Å². The molecule has 5 heteroatoms. The molecular formula is C21H23NO4. The average Bonchev–Trinajstić information content (AvgIpc) is 2.85. The second kappa shape index (κ2) is 6.74. The van der Waals surface area contributed by atoms with Gasteiger partial charge in [-0.05, 0) is 50.1 Å². The molecule has 2 aromatic rings. The highest BCUT2D eigenvalue weighted by Gasteiger charge is 2.54. The van der Waals surface area contributed by atoms with Crippen molar-refractivity contribution in [3.05, 3.63) is 59.2 Å². The lowest BCUT2D eigenvalue weighted by molar-refractivity contribution is -0.256.